The van der Waals surface area contributed by atoms with Gasteiger partial charge in [0, 0.05) is 34.7 Å². The zero-order valence-electron chi connectivity index (χ0n) is 12.2. The summed E-state index contributed by atoms with van der Waals surface area (Å²) in [7, 11) is 0. The first-order valence-corrected chi connectivity index (χ1v) is 7.24. The molecule has 3 nitrogen and oxygen atoms in total. The third-order valence-corrected chi connectivity index (χ3v) is 2.90. The summed E-state index contributed by atoms with van der Waals surface area (Å²) in [5, 5.41) is 3.45. The molecule has 4 heteroatoms. The van der Waals surface area contributed by atoms with Crippen molar-refractivity contribution in [1.82, 2.24) is 10.3 Å². The molecule has 0 aliphatic carbocycles. The zero-order chi connectivity index (χ0) is 14.5. The molecule has 1 heterocycles. The highest BCUT2D eigenvalue weighted by atomic mass is 79.9. The molecule has 0 aliphatic rings. The lowest BCUT2D eigenvalue weighted by Crippen LogP contribution is -2.35. The van der Waals surface area contributed by atoms with Gasteiger partial charge < -0.3 is 10.1 Å². The molecule has 0 atom stereocenters. The van der Waals surface area contributed by atoms with Crippen molar-refractivity contribution >= 4 is 15.9 Å². The third kappa shape index (κ3) is 6.73. The minimum absolute atomic E-state index is 0.0668. The predicted molar refractivity (Wildman–Crippen MR) is 83.5 cm³/mol. The molecule has 0 saturated heterocycles. The van der Waals surface area contributed by atoms with Crippen LogP contribution in [0, 0.1) is 0 Å². The lowest BCUT2D eigenvalue weighted by Gasteiger charge is -2.21. The van der Waals surface area contributed by atoms with E-state index in [1.165, 1.54) is 0 Å². The highest BCUT2D eigenvalue weighted by molar-refractivity contribution is 9.10. The van der Waals surface area contributed by atoms with E-state index in [0.29, 0.717) is 12.5 Å². The summed E-state index contributed by atoms with van der Waals surface area (Å²) in [6, 6.07) is 2.04. The lowest BCUT2D eigenvalue weighted by molar-refractivity contribution is 0.302. The van der Waals surface area contributed by atoms with Crippen LogP contribution in [0.15, 0.2) is 28.9 Å². The van der Waals surface area contributed by atoms with E-state index in [2.05, 4.69) is 53.6 Å². The topological polar surface area (TPSA) is 34.1 Å². The van der Waals surface area contributed by atoms with Crippen molar-refractivity contribution in [2.75, 3.05) is 6.61 Å². The summed E-state index contributed by atoms with van der Waals surface area (Å²) in [6.45, 7) is 13.6. The normalized spacial score (nSPS) is 11.4. The van der Waals surface area contributed by atoms with Gasteiger partial charge >= 0.3 is 0 Å². The fourth-order valence-corrected chi connectivity index (χ4v) is 1.79. The van der Waals surface area contributed by atoms with Gasteiger partial charge in [0.1, 0.15) is 0 Å². The maximum atomic E-state index is 5.74. The van der Waals surface area contributed by atoms with Gasteiger partial charge in [0.2, 0.25) is 5.88 Å². The van der Waals surface area contributed by atoms with Crippen LogP contribution in [0.4, 0.5) is 0 Å². The largest absolute Gasteiger partial charge is 0.477 e. The monoisotopic (exact) mass is 326 g/mol. The van der Waals surface area contributed by atoms with Crippen LogP contribution >= 0.6 is 15.9 Å². The minimum atomic E-state index is 0.0668. The van der Waals surface area contributed by atoms with Crippen LogP contribution in [-0.4, -0.2) is 17.1 Å². The van der Waals surface area contributed by atoms with Crippen molar-refractivity contribution in [3.05, 3.63) is 34.5 Å². The van der Waals surface area contributed by atoms with Crippen molar-refractivity contribution in [3.8, 4) is 5.88 Å². The molecule has 0 radical (unpaired) electrons. The average Bonchev–Trinajstić information content (AvgIpc) is 2.27. The molecule has 0 fully saturated rings. The quantitative estimate of drug-likeness (QED) is 0.800. The van der Waals surface area contributed by atoms with Crippen LogP contribution in [0.1, 0.15) is 39.7 Å². The molecule has 19 heavy (non-hydrogen) atoms. The van der Waals surface area contributed by atoms with Crippen LogP contribution in [0.3, 0.4) is 0 Å². The number of hydrogen-bond donors (Lipinski definition) is 1. The molecule has 0 spiro atoms. The standard InChI is InChI=1S/C15H23BrN2O/c1-11(2)6-7-19-14-12(8-13(16)10-17-14)9-18-15(3,4)5/h8,10,18H,1,6-7,9H2,2-5H3. The van der Waals surface area contributed by atoms with Gasteiger partial charge in [-0.3, -0.25) is 0 Å². The zero-order valence-corrected chi connectivity index (χ0v) is 13.8. The number of nitrogens with zero attached hydrogens (tertiary/aromatic N) is 1. The molecular formula is C15H23BrN2O. The summed E-state index contributed by atoms with van der Waals surface area (Å²) in [5.41, 5.74) is 2.24. The first kappa shape index (κ1) is 16.2. The van der Waals surface area contributed by atoms with E-state index in [9.17, 15) is 0 Å². The number of hydrogen-bond acceptors (Lipinski definition) is 3. The summed E-state index contributed by atoms with van der Waals surface area (Å²) in [5.74, 6) is 0.696. The van der Waals surface area contributed by atoms with E-state index >= 15 is 0 Å². The van der Waals surface area contributed by atoms with Gasteiger partial charge in [-0.05, 0) is 49.7 Å². The molecule has 1 N–H and O–H groups in total. The number of pyridine rings is 1. The predicted octanol–water partition coefficient (Wildman–Crippen LogP) is 4.08. The first-order valence-electron chi connectivity index (χ1n) is 6.44. The second-order valence-corrected chi connectivity index (χ2v) is 6.69. The van der Waals surface area contributed by atoms with Crippen molar-refractivity contribution in [1.29, 1.82) is 0 Å². The Morgan fingerprint density at radius 1 is 1.47 bits per heavy atom. The lowest BCUT2D eigenvalue weighted by atomic mass is 10.1. The number of nitrogens with one attached hydrogen (secondary N) is 1. The van der Waals surface area contributed by atoms with Crippen LogP contribution in [0.5, 0.6) is 5.88 Å². The number of ether oxygens (including phenoxy) is 1. The van der Waals surface area contributed by atoms with Crippen molar-refractivity contribution in [3.63, 3.8) is 0 Å². The molecule has 1 aromatic rings. The Labute approximate surface area is 124 Å². The Kier molecular flexibility index (Phi) is 6.01. The van der Waals surface area contributed by atoms with E-state index in [-0.39, 0.29) is 5.54 Å². The Hall–Kier alpha value is -0.870. The summed E-state index contributed by atoms with van der Waals surface area (Å²) in [6.07, 6.45) is 2.61. The summed E-state index contributed by atoms with van der Waals surface area (Å²) in [4.78, 5) is 4.34. The highest BCUT2D eigenvalue weighted by Gasteiger charge is 2.12. The molecular weight excluding hydrogens is 304 g/mol. The molecule has 1 aromatic heterocycles. The van der Waals surface area contributed by atoms with Crippen LogP contribution in [0.2, 0.25) is 0 Å². The molecule has 0 saturated carbocycles. The van der Waals surface area contributed by atoms with E-state index in [0.717, 1.165) is 28.6 Å². The van der Waals surface area contributed by atoms with Crippen LogP contribution in [-0.2, 0) is 6.54 Å². The van der Waals surface area contributed by atoms with Gasteiger partial charge in [-0.25, -0.2) is 4.98 Å². The molecule has 0 aliphatic heterocycles. The van der Waals surface area contributed by atoms with E-state index in [1.54, 1.807) is 6.20 Å². The smallest absolute Gasteiger partial charge is 0.217 e. The van der Waals surface area contributed by atoms with Gasteiger partial charge in [0.15, 0.2) is 0 Å². The molecule has 0 bridgehead atoms. The Morgan fingerprint density at radius 3 is 2.74 bits per heavy atom. The maximum absolute atomic E-state index is 5.74. The molecule has 106 valence electrons. The van der Waals surface area contributed by atoms with Gasteiger partial charge in [0.05, 0.1) is 6.61 Å². The van der Waals surface area contributed by atoms with Gasteiger partial charge in [-0.2, -0.15) is 0 Å². The van der Waals surface area contributed by atoms with Gasteiger partial charge in [-0.15, -0.1) is 6.58 Å². The summed E-state index contributed by atoms with van der Waals surface area (Å²) < 4.78 is 6.70. The Morgan fingerprint density at radius 2 is 2.16 bits per heavy atom. The first-order chi connectivity index (χ1) is 8.78. The fraction of sp³-hybridized carbons (Fsp3) is 0.533. The molecule has 0 aromatic carbocycles. The highest BCUT2D eigenvalue weighted by Crippen LogP contribution is 2.21. The second-order valence-electron chi connectivity index (χ2n) is 5.78. The van der Waals surface area contributed by atoms with Gasteiger partial charge in [-0.1, -0.05) is 5.57 Å². The van der Waals surface area contributed by atoms with Crippen LogP contribution in [0.25, 0.3) is 0 Å². The fourth-order valence-electron chi connectivity index (χ4n) is 1.41. The summed E-state index contributed by atoms with van der Waals surface area (Å²) >= 11 is 3.45. The molecule has 0 amide bonds. The van der Waals surface area contributed by atoms with Crippen molar-refractivity contribution < 1.29 is 4.74 Å². The van der Waals surface area contributed by atoms with Crippen molar-refractivity contribution in [2.45, 2.75) is 46.2 Å². The molecule has 0 unspecified atom stereocenters. The molecule has 1 rings (SSSR count). The minimum Gasteiger partial charge on any atom is -0.477 e. The Bertz CT molecular complexity index is 438. The van der Waals surface area contributed by atoms with E-state index in [4.69, 9.17) is 4.74 Å². The maximum Gasteiger partial charge on any atom is 0.217 e. The third-order valence-electron chi connectivity index (χ3n) is 2.47. The SMILES string of the molecule is C=C(C)CCOc1ncc(Br)cc1CNC(C)(C)C. The van der Waals surface area contributed by atoms with Crippen molar-refractivity contribution in [2.24, 2.45) is 0 Å². The Balaban J connectivity index is 2.71. The van der Waals surface area contributed by atoms with E-state index in [1.807, 2.05) is 13.0 Å². The second kappa shape index (κ2) is 7.06. The number of rotatable bonds is 6. The number of aromatic nitrogens is 1. The van der Waals surface area contributed by atoms with Gasteiger partial charge in [0.25, 0.3) is 0 Å². The van der Waals surface area contributed by atoms with Crippen LogP contribution < -0.4 is 10.1 Å². The number of halogens is 1. The van der Waals surface area contributed by atoms with E-state index < -0.39 is 0 Å². The average molecular weight is 327 g/mol.